The molecule has 26 heavy (non-hydrogen) atoms. The standard InChI is InChI=1S/C20H21N3O2S/c24-19(13-25-17-6-5-14-3-1-2-4-16(14)11-17)23-20-22-12-18(26-20)15-7-9-21-10-8-15/h1-6,11-12,15,21H,7-10,13H2,(H,22,23,24). The Kier molecular flexibility index (Phi) is 5.13. The molecule has 1 aliphatic heterocycles. The minimum atomic E-state index is -0.190. The fourth-order valence-corrected chi connectivity index (χ4v) is 4.20. The van der Waals surface area contributed by atoms with Crippen LogP contribution in [-0.4, -0.2) is 30.6 Å². The van der Waals surface area contributed by atoms with Crippen molar-refractivity contribution in [3.05, 3.63) is 53.5 Å². The molecular weight excluding hydrogens is 346 g/mol. The molecule has 0 aliphatic carbocycles. The Labute approximate surface area is 156 Å². The second-order valence-electron chi connectivity index (χ2n) is 6.44. The first-order chi connectivity index (χ1) is 12.8. The van der Waals surface area contributed by atoms with Gasteiger partial charge in [-0.2, -0.15) is 0 Å². The first-order valence-corrected chi connectivity index (χ1v) is 9.67. The average Bonchev–Trinajstić information content (AvgIpc) is 3.15. The van der Waals surface area contributed by atoms with E-state index in [0.29, 0.717) is 16.8 Å². The molecule has 0 radical (unpaired) electrons. The molecule has 2 aromatic carbocycles. The van der Waals surface area contributed by atoms with Gasteiger partial charge in [0.1, 0.15) is 5.75 Å². The predicted octanol–water partition coefficient (Wildman–Crippen LogP) is 3.78. The zero-order chi connectivity index (χ0) is 17.8. The van der Waals surface area contributed by atoms with Gasteiger partial charge in [-0.25, -0.2) is 4.98 Å². The maximum absolute atomic E-state index is 12.2. The first-order valence-electron chi connectivity index (χ1n) is 8.86. The fraction of sp³-hybridized carbons (Fsp3) is 0.300. The van der Waals surface area contributed by atoms with Crippen LogP contribution in [0.3, 0.4) is 0 Å². The van der Waals surface area contributed by atoms with E-state index in [1.54, 1.807) is 11.3 Å². The van der Waals surface area contributed by atoms with Crippen LogP contribution in [0, 0.1) is 0 Å². The topological polar surface area (TPSA) is 63.2 Å². The Morgan fingerprint density at radius 3 is 2.85 bits per heavy atom. The van der Waals surface area contributed by atoms with Crippen LogP contribution in [-0.2, 0) is 4.79 Å². The smallest absolute Gasteiger partial charge is 0.264 e. The van der Waals surface area contributed by atoms with Crippen molar-refractivity contribution >= 4 is 33.1 Å². The van der Waals surface area contributed by atoms with Gasteiger partial charge in [0.15, 0.2) is 11.7 Å². The number of ether oxygens (including phenoxy) is 1. The lowest BCUT2D eigenvalue weighted by molar-refractivity contribution is -0.118. The van der Waals surface area contributed by atoms with Crippen LogP contribution in [0.15, 0.2) is 48.7 Å². The monoisotopic (exact) mass is 367 g/mol. The van der Waals surface area contributed by atoms with Gasteiger partial charge in [-0.15, -0.1) is 11.3 Å². The number of carbonyl (C=O) groups excluding carboxylic acids is 1. The predicted molar refractivity (Wildman–Crippen MR) is 105 cm³/mol. The van der Waals surface area contributed by atoms with Crippen molar-refractivity contribution in [3.8, 4) is 5.75 Å². The van der Waals surface area contributed by atoms with E-state index in [2.05, 4.69) is 15.6 Å². The van der Waals surface area contributed by atoms with E-state index >= 15 is 0 Å². The van der Waals surface area contributed by atoms with Crippen LogP contribution in [0.1, 0.15) is 23.6 Å². The number of benzene rings is 2. The maximum atomic E-state index is 12.2. The highest BCUT2D eigenvalue weighted by molar-refractivity contribution is 7.15. The Bertz CT molecular complexity index is 903. The third kappa shape index (κ3) is 4.03. The largest absolute Gasteiger partial charge is 0.484 e. The molecule has 4 rings (SSSR count). The number of fused-ring (bicyclic) bond motifs is 1. The summed E-state index contributed by atoms with van der Waals surface area (Å²) < 4.78 is 5.63. The number of amides is 1. The van der Waals surface area contributed by atoms with E-state index in [1.165, 1.54) is 4.88 Å². The number of nitrogens with zero attached hydrogens (tertiary/aromatic N) is 1. The van der Waals surface area contributed by atoms with Gasteiger partial charge in [0, 0.05) is 11.1 Å². The molecule has 6 heteroatoms. The number of nitrogens with one attached hydrogen (secondary N) is 2. The van der Waals surface area contributed by atoms with Gasteiger partial charge in [0.25, 0.3) is 5.91 Å². The number of hydrogen-bond donors (Lipinski definition) is 2. The molecule has 134 valence electrons. The van der Waals surface area contributed by atoms with Crippen LogP contribution >= 0.6 is 11.3 Å². The molecule has 2 N–H and O–H groups in total. The van der Waals surface area contributed by atoms with Crippen LogP contribution in [0.25, 0.3) is 10.8 Å². The molecule has 0 spiro atoms. The molecular formula is C20H21N3O2S. The number of carbonyl (C=O) groups is 1. The Hall–Kier alpha value is -2.44. The van der Waals surface area contributed by atoms with Crippen LogP contribution in [0.5, 0.6) is 5.75 Å². The van der Waals surface area contributed by atoms with Crippen molar-refractivity contribution in [2.24, 2.45) is 0 Å². The average molecular weight is 367 g/mol. The molecule has 1 amide bonds. The summed E-state index contributed by atoms with van der Waals surface area (Å²) >= 11 is 1.56. The zero-order valence-electron chi connectivity index (χ0n) is 14.4. The van der Waals surface area contributed by atoms with Gasteiger partial charge in [-0.05, 0) is 54.8 Å². The van der Waals surface area contributed by atoms with Crippen LogP contribution in [0.2, 0.25) is 0 Å². The van der Waals surface area contributed by atoms with Crippen molar-refractivity contribution < 1.29 is 9.53 Å². The van der Waals surface area contributed by atoms with Gasteiger partial charge >= 0.3 is 0 Å². The van der Waals surface area contributed by atoms with Gasteiger partial charge in [-0.1, -0.05) is 30.3 Å². The third-order valence-electron chi connectivity index (χ3n) is 4.60. The van der Waals surface area contributed by atoms with Crippen LogP contribution in [0.4, 0.5) is 5.13 Å². The molecule has 3 aromatic rings. The zero-order valence-corrected chi connectivity index (χ0v) is 15.2. The lowest BCUT2D eigenvalue weighted by Gasteiger charge is -2.20. The highest BCUT2D eigenvalue weighted by Gasteiger charge is 2.18. The second-order valence-corrected chi connectivity index (χ2v) is 7.50. The molecule has 2 heterocycles. The van der Waals surface area contributed by atoms with Crippen LogP contribution < -0.4 is 15.4 Å². The summed E-state index contributed by atoms with van der Waals surface area (Å²) in [5.41, 5.74) is 0. The lowest BCUT2D eigenvalue weighted by atomic mass is 9.97. The number of piperidine rings is 1. The SMILES string of the molecule is O=C(COc1ccc2ccccc2c1)Nc1ncc(C2CCNCC2)s1. The Morgan fingerprint density at radius 1 is 1.19 bits per heavy atom. The van der Waals surface area contributed by atoms with Crippen molar-refractivity contribution in [2.75, 3.05) is 25.0 Å². The molecule has 0 bridgehead atoms. The summed E-state index contributed by atoms with van der Waals surface area (Å²) in [5.74, 6) is 1.05. The quantitative estimate of drug-likeness (QED) is 0.720. The molecule has 1 aliphatic rings. The Balaban J connectivity index is 1.32. The first kappa shape index (κ1) is 17.0. The van der Waals surface area contributed by atoms with E-state index < -0.39 is 0 Å². The van der Waals surface area contributed by atoms with E-state index in [-0.39, 0.29) is 12.5 Å². The summed E-state index contributed by atoms with van der Waals surface area (Å²) in [6.07, 6.45) is 4.14. The highest BCUT2D eigenvalue weighted by atomic mass is 32.1. The number of hydrogen-bond acceptors (Lipinski definition) is 5. The van der Waals surface area contributed by atoms with E-state index in [4.69, 9.17) is 4.74 Å². The molecule has 5 nitrogen and oxygen atoms in total. The molecule has 0 unspecified atom stereocenters. The normalized spacial score (nSPS) is 15.1. The number of anilines is 1. The van der Waals surface area contributed by atoms with Crippen molar-refractivity contribution in [1.82, 2.24) is 10.3 Å². The van der Waals surface area contributed by atoms with Crippen molar-refractivity contribution in [1.29, 1.82) is 0 Å². The van der Waals surface area contributed by atoms with Gasteiger partial charge in [-0.3, -0.25) is 10.1 Å². The summed E-state index contributed by atoms with van der Waals surface area (Å²) in [4.78, 5) is 17.7. The summed E-state index contributed by atoms with van der Waals surface area (Å²) in [6, 6.07) is 13.9. The van der Waals surface area contributed by atoms with E-state index in [1.807, 2.05) is 48.7 Å². The molecule has 1 saturated heterocycles. The van der Waals surface area contributed by atoms with E-state index in [0.717, 1.165) is 36.7 Å². The fourth-order valence-electron chi connectivity index (χ4n) is 3.20. The van der Waals surface area contributed by atoms with Gasteiger partial charge < -0.3 is 10.1 Å². The summed E-state index contributed by atoms with van der Waals surface area (Å²) in [5, 5.41) is 9.09. The minimum Gasteiger partial charge on any atom is -0.484 e. The molecule has 0 saturated carbocycles. The third-order valence-corrected chi connectivity index (χ3v) is 5.68. The highest BCUT2D eigenvalue weighted by Crippen LogP contribution is 2.31. The lowest BCUT2D eigenvalue weighted by Crippen LogP contribution is -2.26. The minimum absolute atomic E-state index is 0.0272. The molecule has 1 aromatic heterocycles. The summed E-state index contributed by atoms with van der Waals surface area (Å²) in [6.45, 7) is 2.06. The second kappa shape index (κ2) is 7.85. The number of thiazole rings is 1. The van der Waals surface area contributed by atoms with Crippen molar-refractivity contribution in [3.63, 3.8) is 0 Å². The molecule has 0 atom stereocenters. The maximum Gasteiger partial charge on any atom is 0.264 e. The van der Waals surface area contributed by atoms with Gasteiger partial charge in [0.05, 0.1) is 0 Å². The summed E-state index contributed by atoms with van der Waals surface area (Å²) in [7, 11) is 0. The van der Waals surface area contributed by atoms with Gasteiger partial charge in [0.2, 0.25) is 0 Å². The van der Waals surface area contributed by atoms with E-state index in [9.17, 15) is 4.79 Å². The molecule has 1 fully saturated rings. The van der Waals surface area contributed by atoms with Crippen molar-refractivity contribution in [2.45, 2.75) is 18.8 Å². The number of aromatic nitrogens is 1. The number of rotatable bonds is 5. The Morgan fingerprint density at radius 2 is 2.00 bits per heavy atom.